The van der Waals surface area contributed by atoms with E-state index >= 15 is 0 Å². The van der Waals surface area contributed by atoms with E-state index in [1.54, 1.807) is 0 Å². The molecule has 0 fully saturated rings. The quantitative estimate of drug-likeness (QED) is 0.219. The molecule has 0 bridgehead atoms. The van der Waals surface area contributed by atoms with Gasteiger partial charge in [-0.15, -0.1) is 0 Å². The predicted octanol–water partition coefficient (Wildman–Crippen LogP) is 6.24. The number of hydrogen-bond donors (Lipinski definition) is 0. The van der Waals surface area contributed by atoms with Crippen molar-refractivity contribution in [2.75, 3.05) is 11.9 Å². The molecule has 130 valence electrons. The van der Waals surface area contributed by atoms with Crippen molar-refractivity contribution >= 4 is 15.9 Å². The molecule has 0 atom stereocenters. The molecule has 2 aromatic rings. The van der Waals surface area contributed by atoms with Gasteiger partial charge in [0.1, 0.15) is 11.6 Å². The lowest BCUT2D eigenvalue weighted by Crippen LogP contribution is -1.99. The highest BCUT2D eigenvalue weighted by molar-refractivity contribution is 9.09. The molecule has 0 heterocycles. The van der Waals surface area contributed by atoms with Crippen LogP contribution < -0.4 is 4.74 Å². The fourth-order valence-corrected chi connectivity index (χ4v) is 2.67. The highest BCUT2D eigenvalue weighted by Crippen LogP contribution is 2.28. The maximum Gasteiger partial charge on any atom is 0.194 e. The number of halogens is 5. The summed E-state index contributed by atoms with van der Waals surface area (Å²) in [5.41, 5.74) is -0.0808. The average molecular weight is 405 g/mol. The average Bonchev–Trinajstić information content (AvgIpc) is 2.55. The van der Waals surface area contributed by atoms with E-state index in [-0.39, 0.29) is 11.1 Å². The second-order valence-electron chi connectivity index (χ2n) is 5.35. The summed E-state index contributed by atoms with van der Waals surface area (Å²) in [6, 6.07) is 5.58. The monoisotopic (exact) mass is 404 g/mol. The molecule has 0 unspecified atom stereocenters. The van der Waals surface area contributed by atoms with Crippen molar-refractivity contribution in [1.29, 1.82) is 0 Å². The van der Waals surface area contributed by atoms with E-state index in [0.29, 0.717) is 12.4 Å². The molecule has 0 aliphatic heterocycles. The third-order valence-corrected chi connectivity index (χ3v) is 4.09. The Kier molecular flexibility index (Phi) is 7.09. The van der Waals surface area contributed by atoms with E-state index < -0.39 is 23.3 Å². The molecule has 0 N–H and O–H groups in total. The van der Waals surface area contributed by atoms with Crippen LogP contribution in [-0.2, 0) is 0 Å². The van der Waals surface area contributed by atoms with Crippen LogP contribution in [0.5, 0.6) is 5.75 Å². The highest BCUT2D eigenvalue weighted by atomic mass is 79.9. The van der Waals surface area contributed by atoms with Gasteiger partial charge in [-0.05, 0) is 42.7 Å². The standard InChI is InChI=1S/C18H17BrF4O/c19-7-3-1-2-4-8-24-13-5-6-14(15(20)11-13)12-9-16(21)18(23)17(22)10-12/h5-6,9-11H,1-4,7-8H2. The Morgan fingerprint density at radius 1 is 0.792 bits per heavy atom. The zero-order chi connectivity index (χ0) is 17.5. The lowest BCUT2D eigenvalue weighted by atomic mass is 10.0. The second kappa shape index (κ2) is 9.06. The Labute approximate surface area is 146 Å². The van der Waals surface area contributed by atoms with E-state index in [1.165, 1.54) is 12.1 Å². The number of hydrogen-bond acceptors (Lipinski definition) is 1. The van der Waals surface area contributed by atoms with E-state index in [9.17, 15) is 17.6 Å². The van der Waals surface area contributed by atoms with Crippen LogP contribution in [0.2, 0.25) is 0 Å². The van der Waals surface area contributed by atoms with Gasteiger partial charge in [0.15, 0.2) is 17.5 Å². The summed E-state index contributed by atoms with van der Waals surface area (Å²) in [6.07, 6.45) is 4.10. The summed E-state index contributed by atoms with van der Waals surface area (Å²) in [4.78, 5) is 0. The van der Waals surface area contributed by atoms with Crippen molar-refractivity contribution in [3.63, 3.8) is 0 Å². The maximum atomic E-state index is 14.2. The molecular weight excluding hydrogens is 388 g/mol. The number of unbranched alkanes of at least 4 members (excludes halogenated alkanes) is 3. The fourth-order valence-electron chi connectivity index (χ4n) is 2.27. The normalized spacial score (nSPS) is 10.9. The van der Waals surface area contributed by atoms with Gasteiger partial charge in [-0.1, -0.05) is 28.8 Å². The molecule has 0 aromatic heterocycles. The molecule has 2 rings (SSSR count). The van der Waals surface area contributed by atoms with Crippen LogP contribution in [-0.4, -0.2) is 11.9 Å². The van der Waals surface area contributed by atoms with Crippen LogP contribution in [0, 0.1) is 23.3 Å². The first-order valence-electron chi connectivity index (χ1n) is 7.66. The first-order valence-corrected chi connectivity index (χ1v) is 8.78. The fraction of sp³-hybridized carbons (Fsp3) is 0.333. The van der Waals surface area contributed by atoms with Crippen molar-refractivity contribution in [3.8, 4) is 16.9 Å². The first kappa shape index (κ1) is 18.8. The molecule has 0 aliphatic rings. The molecule has 0 saturated heterocycles. The smallest absolute Gasteiger partial charge is 0.194 e. The molecule has 6 heteroatoms. The van der Waals surface area contributed by atoms with E-state index in [0.717, 1.165) is 49.2 Å². The predicted molar refractivity (Wildman–Crippen MR) is 89.5 cm³/mol. The lowest BCUT2D eigenvalue weighted by molar-refractivity contribution is 0.304. The van der Waals surface area contributed by atoms with Crippen LogP contribution >= 0.6 is 15.9 Å². The van der Waals surface area contributed by atoms with Crippen LogP contribution in [0.4, 0.5) is 17.6 Å². The zero-order valence-electron chi connectivity index (χ0n) is 12.9. The molecule has 0 radical (unpaired) electrons. The molecule has 2 aromatic carbocycles. The largest absolute Gasteiger partial charge is 0.493 e. The summed E-state index contributed by atoms with van der Waals surface area (Å²) in [5.74, 6) is -4.61. The Morgan fingerprint density at radius 3 is 2.08 bits per heavy atom. The van der Waals surface area contributed by atoms with Gasteiger partial charge in [0.25, 0.3) is 0 Å². The van der Waals surface area contributed by atoms with E-state index in [1.807, 2.05) is 0 Å². The number of ether oxygens (including phenoxy) is 1. The van der Waals surface area contributed by atoms with Crippen LogP contribution in [0.1, 0.15) is 25.7 Å². The Hall–Kier alpha value is -1.56. The SMILES string of the molecule is Fc1cc(OCCCCCCBr)ccc1-c1cc(F)c(F)c(F)c1. The highest BCUT2D eigenvalue weighted by Gasteiger charge is 2.14. The minimum Gasteiger partial charge on any atom is -0.493 e. The molecule has 24 heavy (non-hydrogen) atoms. The Morgan fingerprint density at radius 2 is 1.46 bits per heavy atom. The summed E-state index contributed by atoms with van der Waals surface area (Å²) < 4.78 is 59.1. The number of rotatable bonds is 8. The lowest BCUT2D eigenvalue weighted by Gasteiger charge is -2.09. The third kappa shape index (κ3) is 4.97. The number of alkyl halides is 1. The number of benzene rings is 2. The minimum absolute atomic E-state index is 0.0162. The van der Waals surface area contributed by atoms with Gasteiger partial charge >= 0.3 is 0 Å². The van der Waals surface area contributed by atoms with Gasteiger partial charge in [-0.2, -0.15) is 0 Å². The zero-order valence-corrected chi connectivity index (χ0v) is 14.5. The van der Waals surface area contributed by atoms with Gasteiger partial charge < -0.3 is 4.74 Å². The summed E-state index contributed by atoms with van der Waals surface area (Å²) in [7, 11) is 0. The van der Waals surface area contributed by atoms with Crippen LogP contribution in [0.3, 0.4) is 0 Å². The minimum atomic E-state index is -1.57. The summed E-state index contributed by atoms with van der Waals surface area (Å²) in [6.45, 7) is 0.473. The van der Waals surface area contributed by atoms with Crippen LogP contribution in [0.15, 0.2) is 30.3 Å². The first-order chi connectivity index (χ1) is 11.5. The molecule has 0 saturated carbocycles. The Bertz CT molecular complexity index is 668. The second-order valence-corrected chi connectivity index (χ2v) is 6.14. The summed E-state index contributed by atoms with van der Waals surface area (Å²) in [5, 5.41) is 0.977. The van der Waals surface area contributed by atoms with Gasteiger partial charge in [0, 0.05) is 17.0 Å². The molecule has 1 nitrogen and oxygen atoms in total. The van der Waals surface area contributed by atoms with Gasteiger partial charge in [-0.25, -0.2) is 17.6 Å². The van der Waals surface area contributed by atoms with Crippen LogP contribution in [0.25, 0.3) is 11.1 Å². The van der Waals surface area contributed by atoms with Gasteiger partial charge in [0.2, 0.25) is 0 Å². The van der Waals surface area contributed by atoms with Gasteiger partial charge in [0.05, 0.1) is 6.61 Å². The molecule has 0 spiro atoms. The van der Waals surface area contributed by atoms with Crippen molar-refractivity contribution in [2.24, 2.45) is 0 Å². The molecular formula is C18H17BrF4O. The molecule has 0 amide bonds. The third-order valence-electron chi connectivity index (χ3n) is 3.53. The topological polar surface area (TPSA) is 9.23 Å². The van der Waals surface area contributed by atoms with Crippen molar-refractivity contribution < 1.29 is 22.3 Å². The van der Waals surface area contributed by atoms with Crippen molar-refractivity contribution in [2.45, 2.75) is 25.7 Å². The van der Waals surface area contributed by atoms with Gasteiger partial charge in [-0.3, -0.25) is 0 Å². The Balaban J connectivity index is 2.02. The van der Waals surface area contributed by atoms with E-state index in [2.05, 4.69) is 15.9 Å². The maximum absolute atomic E-state index is 14.2. The molecule has 0 aliphatic carbocycles. The van der Waals surface area contributed by atoms with Crippen molar-refractivity contribution in [1.82, 2.24) is 0 Å². The van der Waals surface area contributed by atoms with Crippen molar-refractivity contribution in [3.05, 3.63) is 53.6 Å². The summed E-state index contributed by atoms with van der Waals surface area (Å²) >= 11 is 3.36. The van der Waals surface area contributed by atoms with E-state index in [4.69, 9.17) is 4.74 Å².